The van der Waals surface area contributed by atoms with Crippen LogP contribution in [0.4, 0.5) is 5.82 Å². The van der Waals surface area contributed by atoms with Gasteiger partial charge >= 0.3 is 0 Å². The molecule has 0 radical (unpaired) electrons. The van der Waals surface area contributed by atoms with Crippen LogP contribution < -0.4 is 5.32 Å². The Balaban J connectivity index is 0.000000606. The van der Waals surface area contributed by atoms with Crippen molar-refractivity contribution in [1.82, 2.24) is 10.2 Å². The Morgan fingerprint density at radius 3 is 2.44 bits per heavy atom. The van der Waals surface area contributed by atoms with Gasteiger partial charge in [0.05, 0.1) is 6.20 Å². The Kier molecular flexibility index (Phi) is 5.83. The first-order valence-corrected chi connectivity index (χ1v) is 6.43. The van der Waals surface area contributed by atoms with Crippen LogP contribution in [0.1, 0.15) is 50.7 Å². The number of hydrogen-bond acceptors (Lipinski definition) is 3. The predicted molar refractivity (Wildman–Crippen MR) is 68.8 cm³/mol. The fourth-order valence-electron chi connectivity index (χ4n) is 2.11. The van der Waals surface area contributed by atoms with E-state index in [9.17, 15) is 0 Å². The number of hydrogen-bond donors (Lipinski definition) is 1. The van der Waals surface area contributed by atoms with Crippen molar-refractivity contribution in [2.45, 2.75) is 52.4 Å². The minimum absolute atomic E-state index is 0.976. The van der Waals surface area contributed by atoms with Crippen LogP contribution in [0.15, 0.2) is 6.20 Å². The van der Waals surface area contributed by atoms with E-state index in [1.165, 1.54) is 43.2 Å². The number of aromatic nitrogens is 2. The lowest BCUT2D eigenvalue weighted by Gasteiger charge is -2.15. The van der Waals surface area contributed by atoms with Gasteiger partial charge in [0.15, 0.2) is 5.82 Å². The molecule has 0 atom stereocenters. The van der Waals surface area contributed by atoms with Crippen LogP contribution in [-0.4, -0.2) is 17.2 Å². The van der Waals surface area contributed by atoms with Crippen molar-refractivity contribution in [2.75, 3.05) is 12.4 Å². The first-order valence-electron chi connectivity index (χ1n) is 6.43. The Bertz CT molecular complexity index is 310. The highest BCUT2D eigenvalue weighted by atomic mass is 15.2. The summed E-state index contributed by atoms with van der Waals surface area (Å²) in [6.45, 7) is 4.00. The zero-order chi connectivity index (χ0) is 11.8. The summed E-state index contributed by atoms with van der Waals surface area (Å²) in [5.41, 5.74) is 2.78. The second-order valence-electron chi connectivity index (χ2n) is 3.86. The Hall–Kier alpha value is -1.12. The summed E-state index contributed by atoms with van der Waals surface area (Å²) < 4.78 is 0. The fraction of sp³-hybridized carbons (Fsp3) is 0.692. The third kappa shape index (κ3) is 3.19. The highest BCUT2D eigenvalue weighted by molar-refractivity contribution is 5.46. The van der Waals surface area contributed by atoms with Gasteiger partial charge in [-0.3, -0.25) is 0 Å². The smallest absolute Gasteiger partial charge is 0.151 e. The molecule has 2 rings (SSSR count). The molecule has 0 spiro atoms. The zero-order valence-corrected chi connectivity index (χ0v) is 10.7. The molecule has 3 heteroatoms. The second-order valence-corrected chi connectivity index (χ2v) is 3.86. The van der Waals surface area contributed by atoms with Gasteiger partial charge in [0, 0.05) is 12.6 Å². The van der Waals surface area contributed by atoms with E-state index in [1.807, 2.05) is 27.1 Å². The summed E-state index contributed by atoms with van der Waals surface area (Å²) in [6, 6.07) is 0. The summed E-state index contributed by atoms with van der Waals surface area (Å²) in [5, 5.41) is 11.3. The van der Waals surface area contributed by atoms with Gasteiger partial charge in [-0.15, -0.1) is 5.10 Å². The minimum atomic E-state index is 0.976. The Morgan fingerprint density at radius 2 is 1.75 bits per heavy atom. The third-order valence-electron chi connectivity index (χ3n) is 2.90. The number of anilines is 1. The van der Waals surface area contributed by atoms with Crippen molar-refractivity contribution in [3.63, 3.8) is 0 Å². The van der Waals surface area contributed by atoms with Crippen molar-refractivity contribution in [1.29, 1.82) is 0 Å². The van der Waals surface area contributed by atoms with Gasteiger partial charge in [0.25, 0.3) is 0 Å². The topological polar surface area (TPSA) is 37.8 Å². The lowest BCUT2D eigenvalue weighted by atomic mass is 9.95. The molecule has 3 nitrogen and oxygen atoms in total. The van der Waals surface area contributed by atoms with E-state index in [1.54, 1.807) is 0 Å². The molecule has 1 heterocycles. The molecule has 0 aliphatic heterocycles. The molecular weight excluding hydrogens is 198 g/mol. The number of nitrogens with one attached hydrogen (secondary N) is 1. The fourth-order valence-corrected chi connectivity index (χ4v) is 2.11. The maximum atomic E-state index is 4.12. The van der Waals surface area contributed by atoms with E-state index >= 15 is 0 Å². The first-order chi connectivity index (χ1) is 7.92. The average Bonchev–Trinajstić information content (AvgIpc) is 2.32. The van der Waals surface area contributed by atoms with E-state index in [4.69, 9.17) is 0 Å². The van der Waals surface area contributed by atoms with Gasteiger partial charge in [0.2, 0.25) is 0 Å². The molecule has 1 aliphatic carbocycles. The molecule has 1 N–H and O–H groups in total. The van der Waals surface area contributed by atoms with Crippen LogP contribution in [0.5, 0.6) is 0 Å². The first kappa shape index (κ1) is 12.9. The van der Waals surface area contributed by atoms with Gasteiger partial charge in [-0.1, -0.05) is 26.7 Å². The van der Waals surface area contributed by atoms with Gasteiger partial charge in [-0.2, -0.15) is 5.10 Å². The molecule has 1 aromatic rings. The molecule has 0 aromatic carbocycles. The number of nitrogens with zero attached hydrogens (tertiary/aromatic N) is 2. The van der Waals surface area contributed by atoms with Crippen LogP contribution in [0.3, 0.4) is 0 Å². The second kappa shape index (κ2) is 7.20. The summed E-state index contributed by atoms with van der Waals surface area (Å²) in [7, 11) is 1.92. The summed E-state index contributed by atoms with van der Waals surface area (Å²) in [5.74, 6) is 0.976. The van der Waals surface area contributed by atoms with Crippen molar-refractivity contribution in [2.24, 2.45) is 0 Å². The van der Waals surface area contributed by atoms with Crippen molar-refractivity contribution < 1.29 is 0 Å². The van der Waals surface area contributed by atoms with Gasteiger partial charge < -0.3 is 5.32 Å². The predicted octanol–water partition coefficient (Wildman–Crippen LogP) is 3.20. The molecule has 16 heavy (non-hydrogen) atoms. The quantitative estimate of drug-likeness (QED) is 0.791. The van der Waals surface area contributed by atoms with E-state index in [0.717, 1.165) is 12.2 Å². The normalized spacial score (nSPS) is 14.9. The molecule has 90 valence electrons. The molecule has 0 fully saturated rings. The summed E-state index contributed by atoms with van der Waals surface area (Å²) in [6.07, 6.45) is 9.54. The molecule has 0 saturated heterocycles. The van der Waals surface area contributed by atoms with E-state index in [2.05, 4.69) is 15.5 Å². The maximum Gasteiger partial charge on any atom is 0.151 e. The van der Waals surface area contributed by atoms with Crippen LogP contribution in [-0.2, 0) is 12.8 Å². The molecule has 0 bridgehead atoms. The monoisotopic (exact) mass is 221 g/mol. The average molecular weight is 221 g/mol. The largest absolute Gasteiger partial charge is 0.371 e. The van der Waals surface area contributed by atoms with Crippen LogP contribution in [0.2, 0.25) is 0 Å². The van der Waals surface area contributed by atoms with Crippen molar-refractivity contribution in [3.05, 3.63) is 17.3 Å². The molecule has 0 unspecified atom stereocenters. The molecule has 0 amide bonds. The lowest BCUT2D eigenvalue weighted by molar-refractivity contribution is 0.613. The van der Waals surface area contributed by atoms with Gasteiger partial charge in [-0.05, 0) is 31.2 Å². The standard InChI is InChI=1S/C11H17N3.C2H6/c1-12-11-10-7-5-3-2-4-6-9(10)8-13-14-11;1-2/h8H,2-7H2,1H3,(H,12,14);1-2H3. The molecule has 1 aliphatic rings. The van der Waals surface area contributed by atoms with E-state index in [0.29, 0.717) is 0 Å². The van der Waals surface area contributed by atoms with Crippen molar-refractivity contribution >= 4 is 5.82 Å². The van der Waals surface area contributed by atoms with Crippen LogP contribution in [0, 0.1) is 0 Å². The summed E-state index contributed by atoms with van der Waals surface area (Å²) >= 11 is 0. The summed E-state index contributed by atoms with van der Waals surface area (Å²) in [4.78, 5) is 0. The molecule has 1 aromatic heterocycles. The number of rotatable bonds is 1. The molecular formula is C13H23N3. The van der Waals surface area contributed by atoms with Crippen LogP contribution >= 0.6 is 0 Å². The number of aryl methyl sites for hydroxylation is 1. The Morgan fingerprint density at radius 1 is 1.06 bits per heavy atom. The lowest BCUT2D eigenvalue weighted by Crippen LogP contribution is -2.07. The minimum Gasteiger partial charge on any atom is -0.371 e. The van der Waals surface area contributed by atoms with Crippen LogP contribution in [0.25, 0.3) is 0 Å². The number of fused-ring (bicyclic) bond motifs is 1. The highest BCUT2D eigenvalue weighted by Crippen LogP contribution is 2.23. The maximum absolute atomic E-state index is 4.12. The van der Waals surface area contributed by atoms with Gasteiger partial charge in [0.1, 0.15) is 0 Å². The van der Waals surface area contributed by atoms with E-state index < -0.39 is 0 Å². The van der Waals surface area contributed by atoms with Crippen molar-refractivity contribution in [3.8, 4) is 0 Å². The Labute approximate surface area is 98.7 Å². The zero-order valence-electron chi connectivity index (χ0n) is 10.7. The molecule has 0 saturated carbocycles. The van der Waals surface area contributed by atoms with Gasteiger partial charge in [-0.25, -0.2) is 0 Å². The third-order valence-corrected chi connectivity index (χ3v) is 2.90. The SMILES string of the molecule is CC.CNc1nncc2c1CCCCCC2. The highest BCUT2D eigenvalue weighted by Gasteiger charge is 2.11. The van der Waals surface area contributed by atoms with E-state index in [-0.39, 0.29) is 0 Å².